The van der Waals surface area contributed by atoms with E-state index in [1.54, 1.807) is 0 Å². The fourth-order valence-corrected chi connectivity index (χ4v) is 2.34. The van der Waals surface area contributed by atoms with Gasteiger partial charge in [0, 0.05) is 31.9 Å². The Labute approximate surface area is 105 Å². The highest BCUT2D eigenvalue weighted by atomic mass is 15.3. The van der Waals surface area contributed by atoms with Crippen molar-refractivity contribution in [3.05, 3.63) is 42.0 Å². The molecule has 0 radical (unpaired) electrons. The van der Waals surface area contributed by atoms with Crippen LogP contribution in [0.5, 0.6) is 0 Å². The van der Waals surface area contributed by atoms with E-state index < -0.39 is 0 Å². The van der Waals surface area contributed by atoms with E-state index in [0.29, 0.717) is 0 Å². The lowest BCUT2D eigenvalue weighted by Gasteiger charge is -2.36. The Morgan fingerprint density at radius 2 is 1.94 bits per heavy atom. The minimum absolute atomic E-state index is 1.10. The maximum atomic E-state index is 4.25. The van der Waals surface area contributed by atoms with Crippen molar-refractivity contribution in [2.75, 3.05) is 32.7 Å². The standard InChI is InChI=1S/C15H22N2/c1-4-16-8-10-17(11-9-16)14(3)15-7-5-6-13(2)12-15/h5-7,12H,3-4,8-11H2,1-2H3. The number of rotatable bonds is 3. The molecule has 0 saturated carbocycles. The summed E-state index contributed by atoms with van der Waals surface area (Å²) in [5, 5.41) is 0. The van der Waals surface area contributed by atoms with Gasteiger partial charge < -0.3 is 9.80 Å². The summed E-state index contributed by atoms with van der Waals surface area (Å²) in [7, 11) is 0. The molecule has 17 heavy (non-hydrogen) atoms. The van der Waals surface area contributed by atoms with E-state index in [0.717, 1.165) is 32.7 Å². The average molecular weight is 230 g/mol. The van der Waals surface area contributed by atoms with Crippen molar-refractivity contribution in [2.45, 2.75) is 13.8 Å². The zero-order chi connectivity index (χ0) is 12.3. The highest BCUT2D eigenvalue weighted by Gasteiger charge is 2.17. The topological polar surface area (TPSA) is 6.48 Å². The van der Waals surface area contributed by atoms with Gasteiger partial charge in [-0.25, -0.2) is 0 Å². The van der Waals surface area contributed by atoms with Gasteiger partial charge in [0.05, 0.1) is 0 Å². The number of benzene rings is 1. The minimum atomic E-state index is 1.10. The molecule has 1 aromatic carbocycles. The molecular formula is C15H22N2. The van der Waals surface area contributed by atoms with Gasteiger partial charge >= 0.3 is 0 Å². The molecule has 0 aromatic heterocycles. The summed E-state index contributed by atoms with van der Waals surface area (Å²) >= 11 is 0. The van der Waals surface area contributed by atoms with Gasteiger partial charge in [0.15, 0.2) is 0 Å². The number of likely N-dealkylation sites (N-methyl/N-ethyl adjacent to an activating group) is 1. The van der Waals surface area contributed by atoms with Crippen LogP contribution in [0.25, 0.3) is 5.70 Å². The summed E-state index contributed by atoms with van der Waals surface area (Å²) in [6.45, 7) is 14.3. The van der Waals surface area contributed by atoms with E-state index in [9.17, 15) is 0 Å². The molecule has 1 aliphatic heterocycles. The molecule has 2 nitrogen and oxygen atoms in total. The number of nitrogens with zero attached hydrogens (tertiary/aromatic N) is 2. The Kier molecular flexibility index (Phi) is 3.85. The van der Waals surface area contributed by atoms with Crippen LogP contribution in [-0.2, 0) is 0 Å². The van der Waals surface area contributed by atoms with Crippen molar-refractivity contribution < 1.29 is 0 Å². The Balaban J connectivity index is 2.02. The summed E-state index contributed by atoms with van der Waals surface area (Å²) in [5.74, 6) is 0. The number of aryl methyl sites for hydroxylation is 1. The maximum absolute atomic E-state index is 4.25. The Morgan fingerprint density at radius 1 is 1.24 bits per heavy atom. The second-order valence-electron chi connectivity index (χ2n) is 4.74. The van der Waals surface area contributed by atoms with E-state index in [2.05, 4.69) is 54.5 Å². The fourth-order valence-electron chi connectivity index (χ4n) is 2.34. The second kappa shape index (κ2) is 5.37. The van der Waals surface area contributed by atoms with Crippen LogP contribution in [0.2, 0.25) is 0 Å². The van der Waals surface area contributed by atoms with Crippen LogP contribution in [0.15, 0.2) is 30.8 Å². The zero-order valence-corrected chi connectivity index (χ0v) is 10.9. The third kappa shape index (κ3) is 2.89. The summed E-state index contributed by atoms with van der Waals surface area (Å²) in [5.41, 5.74) is 3.73. The van der Waals surface area contributed by atoms with Crippen molar-refractivity contribution in [2.24, 2.45) is 0 Å². The summed E-state index contributed by atoms with van der Waals surface area (Å²) in [6, 6.07) is 8.61. The highest BCUT2D eigenvalue weighted by Crippen LogP contribution is 2.19. The lowest BCUT2D eigenvalue weighted by molar-refractivity contribution is 0.183. The predicted octanol–water partition coefficient (Wildman–Crippen LogP) is 2.60. The molecule has 0 unspecified atom stereocenters. The van der Waals surface area contributed by atoms with E-state index in [1.807, 2.05) is 0 Å². The molecule has 0 bridgehead atoms. The molecule has 2 heteroatoms. The molecule has 0 aliphatic carbocycles. The summed E-state index contributed by atoms with van der Waals surface area (Å²) in [4.78, 5) is 4.89. The van der Waals surface area contributed by atoms with Gasteiger partial charge in [0.1, 0.15) is 0 Å². The first-order valence-electron chi connectivity index (χ1n) is 6.44. The van der Waals surface area contributed by atoms with E-state index in [-0.39, 0.29) is 0 Å². The molecular weight excluding hydrogens is 208 g/mol. The van der Waals surface area contributed by atoms with Crippen molar-refractivity contribution >= 4 is 5.70 Å². The third-order valence-corrected chi connectivity index (χ3v) is 3.55. The first-order chi connectivity index (χ1) is 8.20. The minimum Gasteiger partial charge on any atom is -0.369 e. The average Bonchev–Trinajstić information content (AvgIpc) is 2.38. The Bertz CT molecular complexity index is 390. The van der Waals surface area contributed by atoms with Gasteiger partial charge in [-0.15, -0.1) is 0 Å². The van der Waals surface area contributed by atoms with Crippen LogP contribution < -0.4 is 0 Å². The summed E-state index contributed by atoms with van der Waals surface area (Å²) in [6.07, 6.45) is 0. The SMILES string of the molecule is C=C(c1cccc(C)c1)N1CCN(CC)CC1. The number of piperazine rings is 1. The van der Waals surface area contributed by atoms with Crippen LogP contribution in [0, 0.1) is 6.92 Å². The van der Waals surface area contributed by atoms with Crippen LogP contribution in [-0.4, -0.2) is 42.5 Å². The van der Waals surface area contributed by atoms with E-state index in [1.165, 1.54) is 16.8 Å². The second-order valence-corrected chi connectivity index (χ2v) is 4.74. The monoisotopic (exact) mass is 230 g/mol. The highest BCUT2D eigenvalue weighted by molar-refractivity contribution is 5.62. The predicted molar refractivity (Wildman–Crippen MR) is 73.9 cm³/mol. The maximum Gasteiger partial charge on any atom is 0.0367 e. The molecule has 1 saturated heterocycles. The van der Waals surface area contributed by atoms with E-state index >= 15 is 0 Å². The zero-order valence-electron chi connectivity index (χ0n) is 10.9. The lowest BCUT2D eigenvalue weighted by Crippen LogP contribution is -2.44. The molecule has 92 valence electrons. The smallest absolute Gasteiger partial charge is 0.0367 e. The van der Waals surface area contributed by atoms with Gasteiger partial charge in [-0.05, 0) is 25.1 Å². The van der Waals surface area contributed by atoms with Crippen molar-refractivity contribution in [3.63, 3.8) is 0 Å². The fraction of sp³-hybridized carbons (Fsp3) is 0.467. The number of hydrogen-bond donors (Lipinski definition) is 0. The molecule has 1 aromatic rings. The molecule has 0 amide bonds. The van der Waals surface area contributed by atoms with Crippen LogP contribution in [0.3, 0.4) is 0 Å². The normalized spacial score (nSPS) is 17.2. The van der Waals surface area contributed by atoms with Gasteiger partial charge in [0.2, 0.25) is 0 Å². The largest absolute Gasteiger partial charge is 0.369 e. The molecule has 1 fully saturated rings. The Hall–Kier alpha value is -1.28. The van der Waals surface area contributed by atoms with Gasteiger partial charge in [-0.1, -0.05) is 37.3 Å². The molecule has 2 rings (SSSR count). The third-order valence-electron chi connectivity index (χ3n) is 3.55. The van der Waals surface area contributed by atoms with Crippen LogP contribution >= 0.6 is 0 Å². The first kappa shape index (κ1) is 12.2. The molecule has 0 N–H and O–H groups in total. The molecule has 0 spiro atoms. The molecule has 1 aliphatic rings. The van der Waals surface area contributed by atoms with Crippen LogP contribution in [0.4, 0.5) is 0 Å². The van der Waals surface area contributed by atoms with Gasteiger partial charge in [-0.3, -0.25) is 0 Å². The van der Waals surface area contributed by atoms with Gasteiger partial charge in [0.25, 0.3) is 0 Å². The van der Waals surface area contributed by atoms with E-state index in [4.69, 9.17) is 0 Å². The quantitative estimate of drug-likeness (QED) is 0.787. The van der Waals surface area contributed by atoms with Crippen molar-refractivity contribution in [1.82, 2.24) is 9.80 Å². The van der Waals surface area contributed by atoms with Gasteiger partial charge in [-0.2, -0.15) is 0 Å². The summed E-state index contributed by atoms with van der Waals surface area (Å²) < 4.78 is 0. The number of hydrogen-bond acceptors (Lipinski definition) is 2. The lowest BCUT2D eigenvalue weighted by atomic mass is 10.1. The first-order valence-corrected chi connectivity index (χ1v) is 6.44. The molecule has 0 atom stereocenters. The molecule has 1 heterocycles. The van der Waals surface area contributed by atoms with Crippen molar-refractivity contribution in [1.29, 1.82) is 0 Å². The Morgan fingerprint density at radius 3 is 2.53 bits per heavy atom. The van der Waals surface area contributed by atoms with Crippen molar-refractivity contribution in [3.8, 4) is 0 Å². The van der Waals surface area contributed by atoms with Crippen LogP contribution in [0.1, 0.15) is 18.1 Å².